The number of carboxylic acids is 1. The highest BCUT2D eigenvalue weighted by atomic mass is 19.4. The lowest BCUT2D eigenvalue weighted by Gasteiger charge is -2.45. The molecule has 0 spiro atoms. The van der Waals surface area contributed by atoms with Crippen molar-refractivity contribution in [3.63, 3.8) is 0 Å². The number of aliphatic carboxylic acids is 1. The molecule has 5 rings (SSSR count). The minimum absolute atomic E-state index is 0.0484. The number of alkyl halides is 5. The molecule has 2 aromatic rings. The maximum Gasteiger partial charge on any atom is 0.391 e. The highest BCUT2D eigenvalue weighted by molar-refractivity contribution is 5.88. The topological polar surface area (TPSA) is 46.5 Å². The fourth-order valence-electron chi connectivity index (χ4n) is 7.20. The van der Waals surface area contributed by atoms with Gasteiger partial charge in [0.25, 0.3) is 6.43 Å². The fourth-order valence-corrected chi connectivity index (χ4v) is 7.20. The van der Waals surface area contributed by atoms with Crippen LogP contribution in [-0.4, -0.2) is 23.4 Å². The van der Waals surface area contributed by atoms with Crippen LogP contribution in [0.3, 0.4) is 0 Å². The third kappa shape index (κ3) is 5.58. The first-order chi connectivity index (χ1) is 17.6. The van der Waals surface area contributed by atoms with Gasteiger partial charge >= 0.3 is 12.1 Å². The maximum absolute atomic E-state index is 14.2. The van der Waals surface area contributed by atoms with Gasteiger partial charge in [-0.2, -0.15) is 13.2 Å². The van der Waals surface area contributed by atoms with E-state index in [0.717, 1.165) is 31.2 Å². The summed E-state index contributed by atoms with van der Waals surface area (Å²) >= 11 is 0. The molecule has 3 fully saturated rings. The Bertz CT molecular complexity index is 1110. The summed E-state index contributed by atoms with van der Waals surface area (Å²) in [6.07, 6.45) is -1.78. The number of hydrogen-bond acceptors (Lipinski definition) is 2. The molecule has 0 radical (unpaired) electrons. The fraction of sp³-hybridized carbons (Fsp3) is 0.621. The highest BCUT2D eigenvalue weighted by Gasteiger charge is 2.43. The van der Waals surface area contributed by atoms with Crippen LogP contribution in [0.5, 0.6) is 5.75 Å². The van der Waals surface area contributed by atoms with Gasteiger partial charge in [-0.25, -0.2) is 8.78 Å². The van der Waals surface area contributed by atoms with Crippen LogP contribution in [0.15, 0.2) is 30.3 Å². The second-order valence-electron chi connectivity index (χ2n) is 11.3. The molecule has 0 saturated heterocycles. The molecule has 3 aliphatic rings. The summed E-state index contributed by atoms with van der Waals surface area (Å²) in [4.78, 5) is 11.6. The van der Waals surface area contributed by atoms with E-state index in [-0.39, 0.29) is 42.9 Å². The Balaban J connectivity index is 1.33. The van der Waals surface area contributed by atoms with Gasteiger partial charge < -0.3 is 9.84 Å². The average Bonchev–Trinajstić information content (AvgIpc) is 2.83. The van der Waals surface area contributed by atoms with Crippen LogP contribution in [0.1, 0.15) is 75.3 Å². The van der Waals surface area contributed by atoms with Gasteiger partial charge in [0.15, 0.2) is 0 Å². The number of carbonyl (C=O) groups is 1. The Morgan fingerprint density at radius 1 is 0.973 bits per heavy atom. The number of benzene rings is 2. The molecule has 3 aliphatic carbocycles. The van der Waals surface area contributed by atoms with Crippen molar-refractivity contribution in [3.8, 4) is 5.75 Å². The first-order valence-corrected chi connectivity index (χ1v) is 13.4. The molecule has 0 aliphatic heterocycles. The van der Waals surface area contributed by atoms with Crippen molar-refractivity contribution in [3.05, 3.63) is 41.5 Å². The summed E-state index contributed by atoms with van der Waals surface area (Å²) in [5.74, 6) is -1.10. The number of fused-ring (bicyclic) bond motifs is 3. The molecular weight excluding hydrogens is 491 g/mol. The monoisotopic (exact) mass is 524 g/mol. The molecule has 3 nitrogen and oxygen atoms in total. The quantitative estimate of drug-likeness (QED) is 0.386. The second kappa shape index (κ2) is 10.4. The maximum atomic E-state index is 14.2. The second-order valence-corrected chi connectivity index (χ2v) is 11.3. The Labute approximate surface area is 213 Å². The van der Waals surface area contributed by atoms with Crippen LogP contribution >= 0.6 is 0 Å². The zero-order chi connectivity index (χ0) is 26.3. The normalized spacial score (nSPS) is 30.4. The van der Waals surface area contributed by atoms with Crippen LogP contribution in [0.25, 0.3) is 10.8 Å². The molecule has 2 atom stereocenters. The molecule has 0 amide bonds. The van der Waals surface area contributed by atoms with Gasteiger partial charge in [-0.3, -0.25) is 4.79 Å². The molecule has 2 bridgehead atoms. The van der Waals surface area contributed by atoms with Crippen molar-refractivity contribution in [2.45, 2.75) is 82.9 Å². The van der Waals surface area contributed by atoms with Crippen LogP contribution in [-0.2, 0) is 11.2 Å². The molecule has 0 heterocycles. The molecule has 8 heteroatoms. The summed E-state index contributed by atoms with van der Waals surface area (Å²) in [6, 6.07) is 8.81. The zero-order valence-corrected chi connectivity index (χ0v) is 20.7. The van der Waals surface area contributed by atoms with Gasteiger partial charge in [0, 0.05) is 0 Å². The van der Waals surface area contributed by atoms with E-state index in [2.05, 4.69) is 0 Å². The Morgan fingerprint density at radius 2 is 1.65 bits per heavy atom. The first kappa shape index (κ1) is 26.2. The molecule has 202 valence electrons. The number of carboxylic acid groups (broad SMARTS) is 1. The van der Waals surface area contributed by atoms with Crippen LogP contribution in [0.2, 0.25) is 0 Å². The third-order valence-corrected chi connectivity index (χ3v) is 9.09. The number of hydrogen-bond donors (Lipinski definition) is 1. The lowest BCUT2D eigenvalue weighted by Crippen LogP contribution is -2.39. The summed E-state index contributed by atoms with van der Waals surface area (Å²) in [5.41, 5.74) is 0.850. The third-order valence-electron chi connectivity index (χ3n) is 9.09. The van der Waals surface area contributed by atoms with E-state index in [1.165, 1.54) is 6.07 Å². The van der Waals surface area contributed by atoms with E-state index < -0.39 is 30.6 Å². The highest BCUT2D eigenvalue weighted by Crippen LogP contribution is 2.48. The van der Waals surface area contributed by atoms with Gasteiger partial charge in [-0.15, -0.1) is 0 Å². The largest absolute Gasteiger partial charge is 0.490 e. The lowest BCUT2D eigenvalue weighted by molar-refractivity contribution is -0.185. The van der Waals surface area contributed by atoms with Crippen molar-refractivity contribution in [1.82, 2.24) is 0 Å². The summed E-state index contributed by atoms with van der Waals surface area (Å²) in [6.45, 7) is 0. The minimum atomic E-state index is -4.23. The molecule has 0 aromatic heterocycles. The average molecular weight is 525 g/mol. The summed E-state index contributed by atoms with van der Waals surface area (Å²) < 4.78 is 73.1. The lowest BCUT2D eigenvalue weighted by atomic mass is 9.60. The van der Waals surface area contributed by atoms with Gasteiger partial charge in [0.1, 0.15) is 5.75 Å². The smallest absolute Gasteiger partial charge is 0.391 e. The van der Waals surface area contributed by atoms with E-state index in [9.17, 15) is 31.9 Å². The summed E-state index contributed by atoms with van der Waals surface area (Å²) in [7, 11) is 0. The predicted molar refractivity (Wildman–Crippen MR) is 130 cm³/mol. The van der Waals surface area contributed by atoms with E-state index in [4.69, 9.17) is 4.74 Å². The minimum Gasteiger partial charge on any atom is -0.490 e. The molecule has 2 unspecified atom stereocenters. The van der Waals surface area contributed by atoms with Gasteiger partial charge in [0.05, 0.1) is 23.5 Å². The number of ether oxygens (including phenoxy) is 1. The number of rotatable bonds is 6. The van der Waals surface area contributed by atoms with E-state index >= 15 is 0 Å². The van der Waals surface area contributed by atoms with Crippen LogP contribution < -0.4 is 4.74 Å². The first-order valence-electron chi connectivity index (χ1n) is 13.4. The van der Waals surface area contributed by atoms with Crippen molar-refractivity contribution in [2.24, 2.45) is 29.6 Å². The Hall–Kier alpha value is -2.38. The molecular formula is C29H33F5O3. The van der Waals surface area contributed by atoms with Crippen molar-refractivity contribution in [2.75, 3.05) is 0 Å². The SMILES string of the molecule is O=C(O)C1CC2CCCC(C1)C2Cc1ccc2c(C(F)F)c(OC3CCC(C(F)(F)F)CC3)ccc2c1. The van der Waals surface area contributed by atoms with Crippen molar-refractivity contribution in [1.29, 1.82) is 0 Å². The Kier molecular flexibility index (Phi) is 7.38. The van der Waals surface area contributed by atoms with Gasteiger partial charge in [-0.1, -0.05) is 43.5 Å². The van der Waals surface area contributed by atoms with Gasteiger partial charge in [-0.05, 0) is 85.1 Å². The molecule has 2 aromatic carbocycles. The molecule has 37 heavy (non-hydrogen) atoms. The van der Waals surface area contributed by atoms with Crippen LogP contribution in [0, 0.1) is 29.6 Å². The van der Waals surface area contributed by atoms with Crippen molar-refractivity contribution >= 4 is 16.7 Å². The number of halogens is 5. The predicted octanol–water partition coefficient (Wildman–Crippen LogP) is 8.35. The van der Waals surface area contributed by atoms with E-state index in [1.807, 2.05) is 12.1 Å². The summed E-state index contributed by atoms with van der Waals surface area (Å²) in [5, 5.41) is 10.6. The molecule has 3 saturated carbocycles. The van der Waals surface area contributed by atoms with E-state index in [0.29, 0.717) is 41.4 Å². The van der Waals surface area contributed by atoms with Crippen LogP contribution in [0.4, 0.5) is 22.0 Å². The standard InChI is InChI=1S/C29H33F5O3/c30-27(31)26-23-10-4-16(13-24-17-2-1-3-18(24)15-20(14-17)28(35)36)12-19(23)5-11-25(26)37-22-8-6-21(7-9-22)29(32,33)34/h4-5,10-12,17-18,20-22,24,27H,1-3,6-9,13-15H2,(H,35,36). The Morgan fingerprint density at radius 3 is 2.24 bits per heavy atom. The van der Waals surface area contributed by atoms with Crippen molar-refractivity contribution < 1.29 is 36.6 Å². The molecule has 1 N–H and O–H groups in total. The zero-order valence-electron chi connectivity index (χ0n) is 20.7. The van der Waals surface area contributed by atoms with Gasteiger partial charge in [0.2, 0.25) is 0 Å². The van der Waals surface area contributed by atoms with E-state index in [1.54, 1.807) is 12.1 Å².